The Labute approximate surface area is 101 Å². The van der Waals surface area contributed by atoms with Gasteiger partial charge in [-0.05, 0) is 13.0 Å². The van der Waals surface area contributed by atoms with Crippen molar-refractivity contribution in [1.82, 2.24) is 9.97 Å². The number of hydrogen-bond acceptors (Lipinski definition) is 5. The molecule has 0 spiro atoms. The smallest absolute Gasteiger partial charge is 0.465 e. The van der Waals surface area contributed by atoms with Crippen molar-refractivity contribution in [3.8, 4) is 5.88 Å². The quantitative estimate of drug-likeness (QED) is 0.787. The average molecular weight is 250 g/mol. The van der Waals surface area contributed by atoms with Crippen LogP contribution in [0.4, 0.5) is 4.79 Å². The topological polar surface area (TPSA) is 102 Å². The third kappa shape index (κ3) is 2.10. The van der Waals surface area contributed by atoms with Crippen LogP contribution in [0.15, 0.2) is 12.1 Å². The summed E-state index contributed by atoms with van der Waals surface area (Å²) in [6.07, 6.45) is -1.42. The zero-order valence-corrected chi connectivity index (χ0v) is 9.68. The van der Waals surface area contributed by atoms with E-state index in [1.807, 2.05) is 0 Å². The summed E-state index contributed by atoms with van der Waals surface area (Å²) in [5.41, 5.74) is 1.25. The van der Waals surface area contributed by atoms with Crippen LogP contribution in [-0.2, 0) is 4.74 Å². The molecule has 0 aliphatic rings. The zero-order chi connectivity index (χ0) is 13.3. The number of aryl methyl sites for hydroxylation is 1. The molecule has 94 valence electrons. The number of nitrogens with one attached hydrogen (secondary N) is 1. The molecule has 0 aliphatic heterocycles. The van der Waals surface area contributed by atoms with Crippen LogP contribution in [0, 0.1) is 6.92 Å². The fourth-order valence-electron chi connectivity index (χ4n) is 1.59. The van der Waals surface area contributed by atoms with E-state index >= 15 is 0 Å². The van der Waals surface area contributed by atoms with Crippen LogP contribution in [0.2, 0.25) is 0 Å². The van der Waals surface area contributed by atoms with Crippen molar-refractivity contribution >= 4 is 23.2 Å². The standard InChI is InChI=1S/C11H10N2O5/c1-5-7(10(14)17-2)3-6-4-8(18-11(15)16)13-9(6)12-5/h3-4H,1-2H3,(H,12,13)(H,15,16). The fraction of sp³-hybridized carbons (Fsp3) is 0.182. The molecule has 0 amide bonds. The summed E-state index contributed by atoms with van der Waals surface area (Å²) in [7, 11) is 1.28. The van der Waals surface area contributed by atoms with Crippen molar-refractivity contribution in [2.45, 2.75) is 6.92 Å². The monoisotopic (exact) mass is 250 g/mol. The van der Waals surface area contributed by atoms with Gasteiger partial charge in [0.05, 0.1) is 18.4 Å². The van der Waals surface area contributed by atoms with Crippen LogP contribution in [0.3, 0.4) is 0 Å². The van der Waals surface area contributed by atoms with Crippen LogP contribution < -0.4 is 4.74 Å². The van der Waals surface area contributed by atoms with Crippen LogP contribution in [-0.4, -0.2) is 34.3 Å². The number of carboxylic acid groups (broad SMARTS) is 1. The Hall–Kier alpha value is -2.57. The minimum Gasteiger partial charge on any atom is -0.465 e. The fourth-order valence-corrected chi connectivity index (χ4v) is 1.59. The maximum Gasteiger partial charge on any atom is 0.512 e. The maximum atomic E-state index is 11.5. The van der Waals surface area contributed by atoms with E-state index in [9.17, 15) is 9.59 Å². The number of rotatable bonds is 2. The molecule has 0 aromatic carbocycles. The van der Waals surface area contributed by atoms with Gasteiger partial charge in [0.15, 0.2) is 0 Å². The van der Waals surface area contributed by atoms with Gasteiger partial charge in [-0.1, -0.05) is 0 Å². The molecular formula is C11H10N2O5. The third-order valence-electron chi connectivity index (χ3n) is 2.37. The van der Waals surface area contributed by atoms with Gasteiger partial charge in [-0.2, -0.15) is 0 Å². The summed E-state index contributed by atoms with van der Waals surface area (Å²) in [5, 5.41) is 9.06. The summed E-state index contributed by atoms with van der Waals surface area (Å²) < 4.78 is 9.09. The Morgan fingerprint density at radius 3 is 2.72 bits per heavy atom. The Morgan fingerprint density at radius 1 is 1.39 bits per heavy atom. The van der Waals surface area contributed by atoms with Crippen LogP contribution in [0.1, 0.15) is 16.1 Å². The molecule has 0 saturated carbocycles. The Kier molecular flexibility index (Phi) is 2.88. The normalized spacial score (nSPS) is 10.3. The van der Waals surface area contributed by atoms with Gasteiger partial charge in [-0.15, -0.1) is 0 Å². The highest BCUT2D eigenvalue weighted by Crippen LogP contribution is 2.22. The van der Waals surface area contributed by atoms with Crippen LogP contribution in [0.5, 0.6) is 5.88 Å². The van der Waals surface area contributed by atoms with Crippen LogP contribution >= 0.6 is 0 Å². The summed E-state index contributed by atoms with van der Waals surface area (Å²) in [4.78, 5) is 28.7. The molecule has 2 rings (SSSR count). The average Bonchev–Trinajstić information content (AvgIpc) is 2.67. The van der Waals surface area contributed by atoms with E-state index < -0.39 is 12.1 Å². The minimum absolute atomic E-state index is 0.0476. The Balaban J connectivity index is 2.50. The number of carbonyl (C=O) groups excluding carboxylic acids is 1. The molecule has 2 N–H and O–H groups in total. The molecule has 7 nitrogen and oxygen atoms in total. The molecule has 0 aliphatic carbocycles. The van der Waals surface area contributed by atoms with E-state index in [-0.39, 0.29) is 5.88 Å². The lowest BCUT2D eigenvalue weighted by Crippen LogP contribution is -2.05. The molecule has 7 heteroatoms. The van der Waals surface area contributed by atoms with Crippen molar-refractivity contribution < 1.29 is 24.2 Å². The van der Waals surface area contributed by atoms with E-state index in [1.165, 1.54) is 13.2 Å². The predicted molar refractivity (Wildman–Crippen MR) is 60.8 cm³/mol. The molecule has 0 atom stereocenters. The van der Waals surface area contributed by atoms with E-state index in [1.54, 1.807) is 13.0 Å². The number of methoxy groups -OCH3 is 1. The highest BCUT2D eigenvalue weighted by atomic mass is 16.7. The number of ether oxygens (including phenoxy) is 2. The molecule has 18 heavy (non-hydrogen) atoms. The molecule has 0 unspecified atom stereocenters. The first-order valence-corrected chi connectivity index (χ1v) is 5.00. The van der Waals surface area contributed by atoms with E-state index in [2.05, 4.69) is 19.4 Å². The largest absolute Gasteiger partial charge is 0.512 e. The maximum absolute atomic E-state index is 11.5. The summed E-state index contributed by atoms with van der Waals surface area (Å²) in [6.45, 7) is 1.66. The predicted octanol–water partition coefficient (Wildman–Crippen LogP) is 1.71. The number of carbonyl (C=O) groups is 2. The first kappa shape index (κ1) is 11.9. The Bertz CT molecular complexity index is 632. The van der Waals surface area contributed by atoms with Gasteiger partial charge in [0.2, 0.25) is 5.88 Å². The van der Waals surface area contributed by atoms with Gasteiger partial charge in [0.25, 0.3) is 0 Å². The number of aromatic nitrogens is 2. The highest BCUT2D eigenvalue weighted by molar-refractivity contribution is 5.95. The molecule has 2 aromatic heterocycles. The van der Waals surface area contributed by atoms with Crippen molar-refractivity contribution in [2.24, 2.45) is 0 Å². The molecule has 0 fully saturated rings. The lowest BCUT2D eigenvalue weighted by molar-refractivity contribution is 0.0599. The van der Waals surface area contributed by atoms with Gasteiger partial charge >= 0.3 is 12.1 Å². The van der Waals surface area contributed by atoms with Crippen molar-refractivity contribution in [1.29, 1.82) is 0 Å². The van der Waals surface area contributed by atoms with Crippen molar-refractivity contribution in [3.63, 3.8) is 0 Å². The first-order chi connectivity index (χ1) is 8.51. The second-order valence-corrected chi connectivity index (χ2v) is 3.55. The second-order valence-electron chi connectivity index (χ2n) is 3.55. The number of esters is 1. The van der Waals surface area contributed by atoms with E-state index in [0.29, 0.717) is 22.3 Å². The first-order valence-electron chi connectivity index (χ1n) is 5.00. The molecule has 0 radical (unpaired) electrons. The summed E-state index contributed by atoms with van der Waals surface area (Å²) in [5.74, 6) is -0.449. The van der Waals surface area contributed by atoms with Crippen LogP contribution in [0.25, 0.3) is 11.0 Å². The lowest BCUT2D eigenvalue weighted by Gasteiger charge is -2.02. The number of fused-ring (bicyclic) bond motifs is 1. The number of nitrogens with zero attached hydrogens (tertiary/aromatic N) is 1. The number of H-pyrrole nitrogens is 1. The zero-order valence-electron chi connectivity index (χ0n) is 9.68. The summed E-state index contributed by atoms with van der Waals surface area (Å²) >= 11 is 0. The van der Waals surface area contributed by atoms with Gasteiger partial charge < -0.3 is 19.6 Å². The second kappa shape index (κ2) is 4.36. The SMILES string of the molecule is COC(=O)c1cc2cc(OC(=O)O)[nH]c2nc1C. The number of pyridine rings is 1. The molecule has 0 saturated heterocycles. The Morgan fingerprint density at radius 2 is 2.11 bits per heavy atom. The molecule has 2 aromatic rings. The van der Waals surface area contributed by atoms with E-state index in [0.717, 1.165) is 0 Å². The lowest BCUT2D eigenvalue weighted by atomic mass is 10.2. The third-order valence-corrected chi connectivity index (χ3v) is 2.37. The molecular weight excluding hydrogens is 240 g/mol. The highest BCUT2D eigenvalue weighted by Gasteiger charge is 2.14. The minimum atomic E-state index is -1.42. The molecule has 2 heterocycles. The molecule has 0 bridgehead atoms. The summed E-state index contributed by atoms with van der Waals surface area (Å²) in [6, 6.07) is 3.01. The van der Waals surface area contributed by atoms with Crippen molar-refractivity contribution in [3.05, 3.63) is 23.4 Å². The van der Waals surface area contributed by atoms with Gasteiger partial charge in [-0.25, -0.2) is 14.6 Å². The van der Waals surface area contributed by atoms with Crippen molar-refractivity contribution in [2.75, 3.05) is 7.11 Å². The van der Waals surface area contributed by atoms with E-state index in [4.69, 9.17) is 5.11 Å². The number of aromatic amines is 1. The van der Waals surface area contributed by atoms with Gasteiger partial charge in [0.1, 0.15) is 5.65 Å². The van der Waals surface area contributed by atoms with Gasteiger partial charge in [0, 0.05) is 11.5 Å². The number of hydrogen-bond donors (Lipinski definition) is 2. The van der Waals surface area contributed by atoms with Gasteiger partial charge in [-0.3, -0.25) is 0 Å².